The molecule has 1 unspecified atom stereocenters. The van der Waals surface area contributed by atoms with Crippen molar-refractivity contribution in [3.05, 3.63) is 65.0 Å². The lowest BCUT2D eigenvalue weighted by Gasteiger charge is -2.16. The lowest BCUT2D eigenvalue weighted by atomic mass is 10.0. The van der Waals surface area contributed by atoms with E-state index in [0.717, 1.165) is 21.6 Å². The second-order valence-corrected chi connectivity index (χ2v) is 9.81. The Kier molecular flexibility index (Phi) is 8.90. The standard InChI is InChI=1S/C26H28N2O4S2/c1-5-22(34-20-9-7-8-19(14-20)27-17(4)29)24(30)28-25-23(26(31)32-6-2)21(15-33-25)18-12-10-16(3)11-13-18/h7-15,22H,5-6H2,1-4H3,(H,27,29)(H,28,30). The van der Waals surface area contributed by atoms with Crippen LogP contribution < -0.4 is 10.6 Å². The zero-order chi connectivity index (χ0) is 24.7. The van der Waals surface area contributed by atoms with Gasteiger partial charge >= 0.3 is 5.97 Å². The van der Waals surface area contributed by atoms with Crippen molar-refractivity contribution in [3.63, 3.8) is 0 Å². The summed E-state index contributed by atoms with van der Waals surface area (Å²) in [5.74, 6) is -0.806. The SMILES string of the molecule is CCOC(=O)c1c(-c2ccc(C)cc2)csc1NC(=O)C(CC)Sc1cccc(NC(C)=O)c1. The van der Waals surface area contributed by atoms with Gasteiger partial charge in [0.2, 0.25) is 11.8 Å². The van der Waals surface area contributed by atoms with Crippen molar-refractivity contribution in [2.24, 2.45) is 0 Å². The zero-order valence-electron chi connectivity index (χ0n) is 19.6. The number of hydrogen-bond donors (Lipinski definition) is 2. The molecule has 0 aliphatic carbocycles. The van der Waals surface area contributed by atoms with Crippen LogP contribution in [0.2, 0.25) is 0 Å². The molecule has 0 radical (unpaired) electrons. The van der Waals surface area contributed by atoms with Gasteiger partial charge in [-0.25, -0.2) is 4.79 Å². The van der Waals surface area contributed by atoms with Gasteiger partial charge in [0.25, 0.3) is 0 Å². The molecular formula is C26H28N2O4S2. The first-order valence-electron chi connectivity index (χ1n) is 11.0. The molecule has 2 N–H and O–H groups in total. The molecule has 3 rings (SSSR count). The number of amides is 2. The number of benzene rings is 2. The average molecular weight is 497 g/mol. The molecule has 3 aromatic rings. The van der Waals surface area contributed by atoms with Gasteiger partial charge in [-0.05, 0) is 44.0 Å². The Morgan fingerprint density at radius 1 is 1.06 bits per heavy atom. The van der Waals surface area contributed by atoms with Crippen molar-refractivity contribution >= 4 is 51.6 Å². The van der Waals surface area contributed by atoms with Gasteiger partial charge in [-0.3, -0.25) is 9.59 Å². The fourth-order valence-electron chi connectivity index (χ4n) is 3.33. The van der Waals surface area contributed by atoms with Gasteiger partial charge < -0.3 is 15.4 Å². The molecule has 0 saturated carbocycles. The Hall–Kier alpha value is -3.10. The normalized spacial score (nSPS) is 11.5. The van der Waals surface area contributed by atoms with E-state index in [0.29, 0.717) is 22.7 Å². The van der Waals surface area contributed by atoms with Crippen LogP contribution in [0.4, 0.5) is 10.7 Å². The highest BCUT2D eigenvalue weighted by Crippen LogP contribution is 2.37. The van der Waals surface area contributed by atoms with Crippen LogP contribution in [0.1, 0.15) is 43.1 Å². The molecule has 8 heteroatoms. The first-order valence-corrected chi connectivity index (χ1v) is 12.8. The third-order valence-electron chi connectivity index (χ3n) is 4.97. The van der Waals surface area contributed by atoms with Crippen molar-refractivity contribution in [3.8, 4) is 11.1 Å². The van der Waals surface area contributed by atoms with Gasteiger partial charge in [0.1, 0.15) is 10.6 Å². The van der Waals surface area contributed by atoms with Crippen molar-refractivity contribution in [2.45, 2.75) is 44.3 Å². The number of carbonyl (C=O) groups excluding carboxylic acids is 3. The Balaban J connectivity index is 1.84. The zero-order valence-corrected chi connectivity index (χ0v) is 21.3. The molecule has 0 aliphatic rings. The molecule has 1 heterocycles. The van der Waals surface area contributed by atoms with E-state index < -0.39 is 5.97 Å². The maximum Gasteiger partial charge on any atom is 0.341 e. The predicted molar refractivity (Wildman–Crippen MR) is 140 cm³/mol. The first kappa shape index (κ1) is 25.5. The summed E-state index contributed by atoms with van der Waals surface area (Å²) >= 11 is 2.72. The summed E-state index contributed by atoms with van der Waals surface area (Å²) in [4.78, 5) is 38.2. The van der Waals surface area contributed by atoms with Crippen LogP contribution in [-0.4, -0.2) is 29.6 Å². The van der Waals surface area contributed by atoms with Gasteiger partial charge in [0.05, 0.1) is 11.9 Å². The largest absolute Gasteiger partial charge is 0.462 e. The summed E-state index contributed by atoms with van der Waals surface area (Å²) < 4.78 is 5.30. The molecule has 178 valence electrons. The summed E-state index contributed by atoms with van der Waals surface area (Å²) in [6, 6.07) is 15.3. The number of thioether (sulfide) groups is 1. The summed E-state index contributed by atoms with van der Waals surface area (Å²) in [5, 5.41) is 7.68. The number of aryl methyl sites for hydroxylation is 1. The van der Waals surface area contributed by atoms with Gasteiger partial charge in [0.15, 0.2) is 0 Å². The number of anilines is 2. The van der Waals surface area contributed by atoms with Gasteiger partial charge in [-0.15, -0.1) is 23.1 Å². The van der Waals surface area contributed by atoms with Crippen LogP contribution in [-0.2, 0) is 14.3 Å². The fraction of sp³-hybridized carbons (Fsp3) is 0.269. The molecule has 0 spiro atoms. The number of thiophene rings is 1. The van der Waals surface area contributed by atoms with Crippen LogP contribution in [0.5, 0.6) is 0 Å². The predicted octanol–water partition coefficient (Wildman–Crippen LogP) is 6.37. The molecular weight excluding hydrogens is 468 g/mol. The number of esters is 1. The van der Waals surface area contributed by atoms with E-state index in [-0.39, 0.29) is 23.7 Å². The van der Waals surface area contributed by atoms with Gasteiger partial charge in [-0.2, -0.15) is 0 Å². The highest BCUT2D eigenvalue weighted by Gasteiger charge is 2.25. The van der Waals surface area contributed by atoms with E-state index in [1.807, 2.05) is 61.7 Å². The minimum absolute atomic E-state index is 0.152. The molecule has 1 atom stereocenters. The smallest absolute Gasteiger partial charge is 0.341 e. The fourth-order valence-corrected chi connectivity index (χ4v) is 5.30. The van der Waals surface area contributed by atoms with Crippen molar-refractivity contribution < 1.29 is 19.1 Å². The van der Waals surface area contributed by atoms with E-state index in [4.69, 9.17) is 4.74 Å². The quantitative estimate of drug-likeness (QED) is 0.266. The second-order valence-electron chi connectivity index (χ2n) is 7.65. The molecule has 0 saturated heterocycles. The van der Waals surface area contributed by atoms with Crippen LogP contribution in [0.15, 0.2) is 58.8 Å². The Morgan fingerprint density at radius 2 is 1.79 bits per heavy atom. The van der Waals surface area contributed by atoms with Gasteiger partial charge in [0, 0.05) is 28.5 Å². The molecule has 2 amide bonds. The van der Waals surface area contributed by atoms with E-state index >= 15 is 0 Å². The van der Waals surface area contributed by atoms with Crippen LogP contribution >= 0.6 is 23.1 Å². The number of hydrogen-bond acceptors (Lipinski definition) is 6. The highest BCUT2D eigenvalue weighted by atomic mass is 32.2. The van der Waals surface area contributed by atoms with Crippen LogP contribution in [0, 0.1) is 6.92 Å². The van der Waals surface area contributed by atoms with Crippen LogP contribution in [0.3, 0.4) is 0 Å². The number of rotatable bonds is 9. The Morgan fingerprint density at radius 3 is 2.44 bits per heavy atom. The topological polar surface area (TPSA) is 84.5 Å². The molecule has 34 heavy (non-hydrogen) atoms. The Labute approximate surface area is 208 Å². The van der Waals surface area contributed by atoms with Crippen LogP contribution in [0.25, 0.3) is 11.1 Å². The van der Waals surface area contributed by atoms with Crippen molar-refractivity contribution in [2.75, 3.05) is 17.2 Å². The first-order chi connectivity index (χ1) is 16.3. The van der Waals surface area contributed by atoms with Crippen molar-refractivity contribution in [1.29, 1.82) is 0 Å². The minimum Gasteiger partial charge on any atom is -0.462 e. The lowest BCUT2D eigenvalue weighted by molar-refractivity contribution is -0.116. The number of ether oxygens (including phenoxy) is 1. The van der Waals surface area contributed by atoms with E-state index in [9.17, 15) is 14.4 Å². The summed E-state index contributed by atoms with van der Waals surface area (Å²) in [6.07, 6.45) is 0.589. The molecule has 2 aromatic carbocycles. The summed E-state index contributed by atoms with van der Waals surface area (Å²) in [5.41, 5.74) is 3.80. The van der Waals surface area contributed by atoms with Crippen molar-refractivity contribution in [1.82, 2.24) is 0 Å². The number of nitrogens with one attached hydrogen (secondary N) is 2. The molecule has 0 fully saturated rings. The summed E-state index contributed by atoms with van der Waals surface area (Å²) in [7, 11) is 0. The molecule has 1 aromatic heterocycles. The average Bonchev–Trinajstić information content (AvgIpc) is 3.21. The molecule has 6 nitrogen and oxygen atoms in total. The van der Waals surface area contributed by atoms with E-state index in [2.05, 4.69) is 10.6 Å². The van der Waals surface area contributed by atoms with E-state index in [1.165, 1.54) is 30.0 Å². The third kappa shape index (κ3) is 6.48. The molecule has 0 bridgehead atoms. The monoisotopic (exact) mass is 496 g/mol. The third-order valence-corrected chi connectivity index (χ3v) is 7.22. The number of carbonyl (C=O) groups is 3. The Bertz CT molecular complexity index is 1170. The van der Waals surface area contributed by atoms with E-state index in [1.54, 1.807) is 13.0 Å². The lowest BCUT2D eigenvalue weighted by Crippen LogP contribution is -2.25. The minimum atomic E-state index is -0.460. The summed E-state index contributed by atoms with van der Waals surface area (Å²) in [6.45, 7) is 7.40. The van der Waals surface area contributed by atoms with Gasteiger partial charge in [-0.1, -0.05) is 42.8 Å². The maximum absolute atomic E-state index is 13.2. The highest BCUT2D eigenvalue weighted by molar-refractivity contribution is 8.00. The molecule has 0 aliphatic heterocycles. The second kappa shape index (κ2) is 11.9. The maximum atomic E-state index is 13.2.